The molecule has 0 saturated carbocycles. The lowest BCUT2D eigenvalue weighted by molar-refractivity contribution is 0.100. The van der Waals surface area contributed by atoms with Gasteiger partial charge in [-0.1, -0.05) is 13.8 Å². The maximum Gasteiger partial charge on any atom is 0.250 e. The third-order valence-electron chi connectivity index (χ3n) is 3.57. The highest BCUT2D eigenvalue weighted by Crippen LogP contribution is 2.32. The fraction of sp³-hybridized carbons (Fsp3) is 0.500. The molecule has 1 amide bonds. The van der Waals surface area contributed by atoms with E-state index in [0.717, 1.165) is 18.8 Å². The van der Waals surface area contributed by atoms with Crippen LogP contribution in [0.5, 0.6) is 0 Å². The van der Waals surface area contributed by atoms with Gasteiger partial charge in [-0.05, 0) is 36.5 Å². The third-order valence-corrected chi connectivity index (χ3v) is 3.57. The molecule has 18 heavy (non-hydrogen) atoms. The van der Waals surface area contributed by atoms with Crippen LogP contribution in [0.15, 0.2) is 18.2 Å². The predicted octanol–water partition coefficient (Wildman–Crippen LogP) is 1.99. The lowest BCUT2D eigenvalue weighted by Crippen LogP contribution is -2.40. The number of hydrogen-bond donors (Lipinski definition) is 2. The first-order valence-corrected chi connectivity index (χ1v) is 6.33. The van der Waals surface area contributed by atoms with Crippen molar-refractivity contribution in [1.82, 2.24) is 0 Å². The van der Waals surface area contributed by atoms with E-state index < -0.39 is 5.91 Å². The van der Waals surface area contributed by atoms with Crippen LogP contribution < -0.4 is 16.4 Å². The minimum Gasteiger partial charge on any atom is -0.398 e. The largest absolute Gasteiger partial charge is 0.398 e. The van der Waals surface area contributed by atoms with Crippen molar-refractivity contribution >= 4 is 17.3 Å². The zero-order valence-electron chi connectivity index (χ0n) is 11.1. The first-order chi connectivity index (χ1) is 8.39. The fourth-order valence-electron chi connectivity index (χ4n) is 2.60. The zero-order valence-corrected chi connectivity index (χ0v) is 11.1. The summed E-state index contributed by atoms with van der Waals surface area (Å²) in [6, 6.07) is 5.53. The number of amides is 1. The van der Waals surface area contributed by atoms with Gasteiger partial charge < -0.3 is 16.4 Å². The number of nitrogen functional groups attached to an aromatic ring is 1. The van der Waals surface area contributed by atoms with Gasteiger partial charge in [-0.2, -0.15) is 0 Å². The number of anilines is 2. The Hall–Kier alpha value is -1.71. The molecule has 0 aromatic heterocycles. The summed E-state index contributed by atoms with van der Waals surface area (Å²) >= 11 is 0. The smallest absolute Gasteiger partial charge is 0.250 e. The Morgan fingerprint density at radius 1 is 1.39 bits per heavy atom. The molecule has 1 aliphatic rings. The Morgan fingerprint density at radius 2 is 2.11 bits per heavy atom. The van der Waals surface area contributed by atoms with E-state index in [2.05, 4.69) is 18.7 Å². The number of benzene rings is 1. The molecule has 4 N–H and O–H groups in total. The lowest BCUT2D eigenvalue weighted by atomic mass is 9.84. The van der Waals surface area contributed by atoms with Crippen LogP contribution >= 0.6 is 0 Å². The monoisotopic (exact) mass is 247 g/mol. The van der Waals surface area contributed by atoms with Crippen molar-refractivity contribution in [3.8, 4) is 0 Å². The number of carbonyl (C=O) groups excluding carboxylic acids is 1. The number of piperidine rings is 1. The van der Waals surface area contributed by atoms with Crippen LogP contribution in [0.2, 0.25) is 0 Å². The maximum atomic E-state index is 11.3. The van der Waals surface area contributed by atoms with Gasteiger partial charge in [0.15, 0.2) is 0 Å². The van der Waals surface area contributed by atoms with Crippen LogP contribution in [-0.4, -0.2) is 19.0 Å². The molecule has 0 bridgehead atoms. The van der Waals surface area contributed by atoms with Gasteiger partial charge in [0.1, 0.15) is 0 Å². The summed E-state index contributed by atoms with van der Waals surface area (Å²) in [5.74, 6) is -0.467. The second kappa shape index (κ2) is 4.52. The summed E-state index contributed by atoms with van der Waals surface area (Å²) in [7, 11) is 0. The zero-order chi connectivity index (χ0) is 13.3. The third kappa shape index (κ3) is 2.58. The number of carbonyl (C=O) groups is 1. The van der Waals surface area contributed by atoms with E-state index in [4.69, 9.17) is 11.5 Å². The summed E-state index contributed by atoms with van der Waals surface area (Å²) in [6.07, 6.45) is 2.41. The van der Waals surface area contributed by atoms with Crippen LogP contribution in [0.4, 0.5) is 11.4 Å². The molecular weight excluding hydrogens is 226 g/mol. The van der Waals surface area contributed by atoms with Gasteiger partial charge in [0.05, 0.1) is 5.56 Å². The molecular formula is C14H21N3O. The molecule has 98 valence electrons. The van der Waals surface area contributed by atoms with Crippen LogP contribution in [0, 0.1) is 5.41 Å². The first kappa shape index (κ1) is 12.7. The van der Waals surface area contributed by atoms with E-state index in [1.807, 2.05) is 6.07 Å². The van der Waals surface area contributed by atoms with Crippen molar-refractivity contribution < 1.29 is 4.79 Å². The van der Waals surface area contributed by atoms with Crippen molar-refractivity contribution in [2.24, 2.45) is 11.1 Å². The fourth-order valence-corrected chi connectivity index (χ4v) is 2.60. The molecule has 0 aliphatic carbocycles. The van der Waals surface area contributed by atoms with Crippen LogP contribution in [-0.2, 0) is 0 Å². The van der Waals surface area contributed by atoms with E-state index in [9.17, 15) is 4.79 Å². The van der Waals surface area contributed by atoms with E-state index in [1.165, 1.54) is 12.8 Å². The van der Waals surface area contributed by atoms with Gasteiger partial charge in [-0.15, -0.1) is 0 Å². The topological polar surface area (TPSA) is 72.3 Å². The van der Waals surface area contributed by atoms with Crippen molar-refractivity contribution in [3.63, 3.8) is 0 Å². The second-order valence-corrected chi connectivity index (χ2v) is 5.83. The van der Waals surface area contributed by atoms with Crippen LogP contribution in [0.1, 0.15) is 37.0 Å². The van der Waals surface area contributed by atoms with E-state index in [-0.39, 0.29) is 0 Å². The lowest BCUT2D eigenvalue weighted by Gasteiger charge is -2.39. The van der Waals surface area contributed by atoms with Crippen LogP contribution in [0.25, 0.3) is 0 Å². The molecule has 1 fully saturated rings. The van der Waals surface area contributed by atoms with Crippen molar-refractivity contribution in [2.45, 2.75) is 26.7 Å². The number of nitrogens with zero attached hydrogens (tertiary/aromatic N) is 1. The Morgan fingerprint density at radius 3 is 2.72 bits per heavy atom. The van der Waals surface area contributed by atoms with E-state index in [0.29, 0.717) is 16.7 Å². The molecule has 0 radical (unpaired) electrons. The van der Waals surface area contributed by atoms with Gasteiger partial charge in [0.2, 0.25) is 0 Å². The summed E-state index contributed by atoms with van der Waals surface area (Å²) in [4.78, 5) is 13.6. The average Bonchev–Trinajstić information content (AvgIpc) is 2.27. The first-order valence-electron chi connectivity index (χ1n) is 6.33. The molecule has 1 heterocycles. The minimum absolute atomic E-state index is 0.312. The predicted molar refractivity (Wildman–Crippen MR) is 74.6 cm³/mol. The van der Waals surface area contributed by atoms with E-state index in [1.54, 1.807) is 12.1 Å². The molecule has 1 saturated heterocycles. The van der Waals surface area contributed by atoms with Gasteiger partial charge in [-0.25, -0.2) is 0 Å². The molecule has 0 spiro atoms. The van der Waals surface area contributed by atoms with E-state index >= 15 is 0 Å². The van der Waals surface area contributed by atoms with Gasteiger partial charge in [-0.3, -0.25) is 4.79 Å². The number of rotatable bonds is 2. The highest BCUT2D eigenvalue weighted by atomic mass is 16.1. The van der Waals surface area contributed by atoms with Crippen molar-refractivity contribution in [2.75, 3.05) is 23.7 Å². The summed E-state index contributed by atoms with van der Waals surface area (Å²) in [5.41, 5.74) is 13.3. The molecule has 0 unspecified atom stereocenters. The molecule has 1 aromatic rings. The minimum atomic E-state index is -0.467. The van der Waals surface area contributed by atoms with Gasteiger partial charge >= 0.3 is 0 Å². The highest BCUT2D eigenvalue weighted by Gasteiger charge is 2.26. The van der Waals surface area contributed by atoms with Gasteiger partial charge in [0, 0.05) is 24.5 Å². The normalized spacial score (nSPS) is 18.7. The molecule has 4 nitrogen and oxygen atoms in total. The second-order valence-electron chi connectivity index (χ2n) is 5.83. The molecule has 4 heteroatoms. The number of primary amides is 1. The summed E-state index contributed by atoms with van der Waals surface area (Å²) in [6.45, 7) is 6.55. The summed E-state index contributed by atoms with van der Waals surface area (Å²) in [5, 5.41) is 0. The SMILES string of the molecule is CC1(C)CCCN(c2ccc(N)c(C(N)=O)c2)C1. The molecule has 2 rings (SSSR count). The molecule has 1 aliphatic heterocycles. The number of hydrogen-bond acceptors (Lipinski definition) is 3. The van der Waals surface area contributed by atoms with Crippen LogP contribution in [0.3, 0.4) is 0 Å². The Balaban J connectivity index is 2.28. The molecule has 1 aromatic carbocycles. The summed E-state index contributed by atoms with van der Waals surface area (Å²) < 4.78 is 0. The molecule has 0 atom stereocenters. The Bertz CT molecular complexity index is 468. The number of nitrogens with two attached hydrogens (primary N) is 2. The van der Waals surface area contributed by atoms with Crippen molar-refractivity contribution in [1.29, 1.82) is 0 Å². The maximum absolute atomic E-state index is 11.3. The highest BCUT2D eigenvalue weighted by molar-refractivity contribution is 5.99. The Labute approximate surface area is 108 Å². The van der Waals surface area contributed by atoms with Crippen molar-refractivity contribution in [3.05, 3.63) is 23.8 Å². The van der Waals surface area contributed by atoms with Gasteiger partial charge in [0.25, 0.3) is 5.91 Å². The average molecular weight is 247 g/mol. The standard InChI is InChI=1S/C14H21N3O/c1-14(2)6-3-7-17(9-14)10-4-5-12(15)11(8-10)13(16)18/h4-5,8H,3,6-7,9,15H2,1-2H3,(H2,16,18). The quantitative estimate of drug-likeness (QED) is 0.785. The Kier molecular flexibility index (Phi) is 3.20.